The van der Waals surface area contributed by atoms with E-state index in [1.54, 1.807) is 12.4 Å². The fourth-order valence-electron chi connectivity index (χ4n) is 2.21. The number of hydrogen-bond acceptors (Lipinski definition) is 3. The van der Waals surface area contributed by atoms with E-state index < -0.39 is 0 Å². The summed E-state index contributed by atoms with van der Waals surface area (Å²) >= 11 is 0. The Morgan fingerprint density at radius 2 is 2.16 bits per heavy atom. The van der Waals surface area contributed by atoms with Gasteiger partial charge in [-0.25, -0.2) is 0 Å². The van der Waals surface area contributed by atoms with E-state index >= 15 is 0 Å². The van der Waals surface area contributed by atoms with E-state index in [-0.39, 0.29) is 6.04 Å². The van der Waals surface area contributed by atoms with Gasteiger partial charge in [-0.1, -0.05) is 19.1 Å². The van der Waals surface area contributed by atoms with Gasteiger partial charge in [-0.3, -0.25) is 9.97 Å². The molecule has 0 aliphatic heterocycles. The molecule has 1 atom stereocenters. The summed E-state index contributed by atoms with van der Waals surface area (Å²) < 4.78 is 0. The Bertz CT molecular complexity index is 566. The number of para-hydroxylation sites is 1. The lowest BCUT2D eigenvalue weighted by atomic mass is 10.00. The lowest BCUT2D eigenvalue weighted by Gasteiger charge is -2.19. The summed E-state index contributed by atoms with van der Waals surface area (Å²) in [4.78, 5) is 8.82. The van der Waals surface area contributed by atoms with Gasteiger partial charge in [-0.05, 0) is 31.0 Å². The van der Waals surface area contributed by atoms with Gasteiger partial charge in [0.1, 0.15) is 0 Å². The Morgan fingerprint density at radius 3 is 2.95 bits per heavy atom. The highest BCUT2D eigenvalue weighted by atomic mass is 14.9. The predicted octanol–water partition coefficient (Wildman–Crippen LogP) is 3.08. The molecule has 0 radical (unpaired) electrons. The van der Waals surface area contributed by atoms with Gasteiger partial charge in [0.05, 0.1) is 11.0 Å². The summed E-state index contributed by atoms with van der Waals surface area (Å²) in [5.41, 5.74) is 3.09. The number of hydrogen-bond donors (Lipinski definition) is 1. The lowest BCUT2D eigenvalue weighted by Crippen LogP contribution is -2.22. The molecule has 1 unspecified atom stereocenters. The van der Waals surface area contributed by atoms with Crippen molar-refractivity contribution in [2.24, 2.45) is 0 Å². The van der Waals surface area contributed by atoms with E-state index in [0.29, 0.717) is 0 Å². The summed E-state index contributed by atoms with van der Waals surface area (Å²) in [5.74, 6) is 2.72. The van der Waals surface area contributed by atoms with Gasteiger partial charge in [-0.15, -0.1) is 12.3 Å². The third kappa shape index (κ3) is 3.30. The van der Waals surface area contributed by atoms with Crippen molar-refractivity contribution < 1.29 is 0 Å². The molecule has 0 spiro atoms. The molecular weight excluding hydrogens is 234 g/mol. The summed E-state index contributed by atoms with van der Waals surface area (Å²) in [6, 6.07) is 6.38. The van der Waals surface area contributed by atoms with Crippen LogP contribution in [0.5, 0.6) is 0 Å². The van der Waals surface area contributed by atoms with E-state index in [0.717, 1.165) is 36.8 Å². The SMILES string of the molecule is C#CCCC(NCCC)c1cccc2nccnc12. The summed E-state index contributed by atoms with van der Waals surface area (Å²) in [6.07, 6.45) is 11.6. The van der Waals surface area contributed by atoms with Crippen LogP contribution in [0.4, 0.5) is 0 Å². The molecule has 3 heteroatoms. The monoisotopic (exact) mass is 253 g/mol. The van der Waals surface area contributed by atoms with Crippen LogP contribution < -0.4 is 5.32 Å². The Kier molecular flexibility index (Phi) is 4.88. The zero-order valence-corrected chi connectivity index (χ0v) is 11.3. The number of fused-ring (bicyclic) bond motifs is 1. The van der Waals surface area contributed by atoms with E-state index in [9.17, 15) is 0 Å². The predicted molar refractivity (Wildman–Crippen MR) is 78.6 cm³/mol. The molecular formula is C16H19N3. The number of terminal acetylenes is 1. The average Bonchev–Trinajstić information content (AvgIpc) is 2.47. The summed E-state index contributed by atoms with van der Waals surface area (Å²) in [5, 5.41) is 3.55. The van der Waals surface area contributed by atoms with Crippen molar-refractivity contribution in [2.75, 3.05) is 6.54 Å². The standard InChI is InChI=1S/C16H19N3/c1-3-5-8-14(17-10-4-2)13-7-6-9-15-16(13)19-12-11-18-15/h1,6-7,9,11-12,14,17H,4-5,8,10H2,2H3. The number of rotatable bonds is 6. The van der Waals surface area contributed by atoms with Crippen molar-refractivity contribution in [1.29, 1.82) is 0 Å². The highest BCUT2D eigenvalue weighted by molar-refractivity contribution is 5.78. The molecule has 98 valence electrons. The first-order valence-corrected chi connectivity index (χ1v) is 6.73. The molecule has 1 aromatic heterocycles. The van der Waals surface area contributed by atoms with E-state index in [4.69, 9.17) is 6.42 Å². The van der Waals surface area contributed by atoms with Crippen LogP contribution in [0.2, 0.25) is 0 Å². The van der Waals surface area contributed by atoms with E-state index in [2.05, 4.69) is 34.2 Å². The number of nitrogens with zero attached hydrogens (tertiary/aromatic N) is 2. The normalized spacial score (nSPS) is 12.2. The Balaban J connectivity index is 2.34. The van der Waals surface area contributed by atoms with Gasteiger partial charge in [0.2, 0.25) is 0 Å². The molecule has 1 N–H and O–H groups in total. The molecule has 0 bridgehead atoms. The number of aromatic nitrogens is 2. The molecule has 0 aliphatic rings. The van der Waals surface area contributed by atoms with Gasteiger partial charge in [0, 0.05) is 24.9 Å². The highest BCUT2D eigenvalue weighted by Crippen LogP contribution is 2.24. The van der Waals surface area contributed by atoms with Crippen LogP contribution in [0.1, 0.15) is 37.8 Å². The van der Waals surface area contributed by atoms with Crippen molar-refractivity contribution in [2.45, 2.75) is 32.2 Å². The molecule has 0 saturated heterocycles. The van der Waals surface area contributed by atoms with Gasteiger partial charge >= 0.3 is 0 Å². The van der Waals surface area contributed by atoms with Crippen LogP contribution in [0.25, 0.3) is 11.0 Å². The quantitative estimate of drug-likeness (QED) is 0.804. The van der Waals surface area contributed by atoms with Crippen LogP contribution in [0.3, 0.4) is 0 Å². The highest BCUT2D eigenvalue weighted by Gasteiger charge is 2.14. The van der Waals surface area contributed by atoms with Gasteiger partial charge in [0.25, 0.3) is 0 Å². The van der Waals surface area contributed by atoms with Crippen molar-refractivity contribution in [3.8, 4) is 12.3 Å². The molecule has 0 saturated carbocycles. The molecule has 0 aliphatic carbocycles. The molecule has 0 fully saturated rings. The smallest absolute Gasteiger partial charge is 0.0934 e. The van der Waals surface area contributed by atoms with Crippen LogP contribution in [0, 0.1) is 12.3 Å². The van der Waals surface area contributed by atoms with Crippen molar-refractivity contribution in [3.63, 3.8) is 0 Å². The summed E-state index contributed by atoms with van der Waals surface area (Å²) in [7, 11) is 0. The second-order valence-corrected chi connectivity index (χ2v) is 4.52. The third-order valence-electron chi connectivity index (χ3n) is 3.12. The molecule has 2 rings (SSSR count). The minimum absolute atomic E-state index is 0.247. The van der Waals surface area contributed by atoms with Crippen molar-refractivity contribution in [3.05, 3.63) is 36.2 Å². The number of benzene rings is 1. The second-order valence-electron chi connectivity index (χ2n) is 4.52. The minimum atomic E-state index is 0.247. The van der Waals surface area contributed by atoms with Crippen LogP contribution in [-0.4, -0.2) is 16.5 Å². The molecule has 2 aromatic rings. The Morgan fingerprint density at radius 1 is 1.32 bits per heavy atom. The Hall–Kier alpha value is -1.92. The molecule has 19 heavy (non-hydrogen) atoms. The first-order valence-electron chi connectivity index (χ1n) is 6.73. The minimum Gasteiger partial charge on any atom is -0.310 e. The zero-order chi connectivity index (χ0) is 13.5. The van der Waals surface area contributed by atoms with Gasteiger partial charge in [-0.2, -0.15) is 0 Å². The molecule has 1 heterocycles. The van der Waals surface area contributed by atoms with Crippen LogP contribution in [-0.2, 0) is 0 Å². The summed E-state index contributed by atoms with van der Waals surface area (Å²) in [6.45, 7) is 3.14. The zero-order valence-electron chi connectivity index (χ0n) is 11.3. The maximum absolute atomic E-state index is 5.39. The molecule has 3 nitrogen and oxygen atoms in total. The Labute approximate surface area is 114 Å². The van der Waals surface area contributed by atoms with E-state index in [1.807, 2.05) is 12.1 Å². The topological polar surface area (TPSA) is 37.8 Å². The van der Waals surface area contributed by atoms with Crippen LogP contribution >= 0.6 is 0 Å². The average molecular weight is 253 g/mol. The molecule has 1 aromatic carbocycles. The third-order valence-corrected chi connectivity index (χ3v) is 3.12. The fourth-order valence-corrected chi connectivity index (χ4v) is 2.21. The fraction of sp³-hybridized carbons (Fsp3) is 0.375. The van der Waals surface area contributed by atoms with Crippen molar-refractivity contribution >= 4 is 11.0 Å². The van der Waals surface area contributed by atoms with Gasteiger partial charge < -0.3 is 5.32 Å². The first-order chi connectivity index (χ1) is 9.36. The van der Waals surface area contributed by atoms with Crippen molar-refractivity contribution in [1.82, 2.24) is 15.3 Å². The maximum Gasteiger partial charge on any atom is 0.0934 e. The molecule has 0 amide bonds. The van der Waals surface area contributed by atoms with E-state index in [1.165, 1.54) is 5.56 Å². The van der Waals surface area contributed by atoms with Gasteiger partial charge in [0.15, 0.2) is 0 Å². The number of nitrogens with one attached hydrogen (secondary N) is 1. The van der Waals surface area contributed by atoms with Crippen LogP contribution in [0.15, 0.2) is 30.6 Å². The largest absolute Gasteiger partial charge is 0.310 e. The first kappa shape index (κ1) is 13.5. The maximum atomic E-state index is 5.39. The second kappa shape index (κ2) is 6.86. The lowest BCUT2D eigenvalue weighted by molar-refractivity contribution is 0.508.